The Morgan fingerprint density at radius 2 is 2.17 bits per heavy atom. The van der Waals surface area contributed by atoms with Crippen molar-refractivity contribution in [2.24, 2.45) is 0 Å². The van der Waals surface area contributed by atoms with Crippen LogP contribution in [0.1, 0.15) is 11.0 Å². The molecule has 6 heavy (non-hydrogen) atoms. The molecule has 0 bridgehead atoms. The lowest BCUT2D eigenvalue weighted by molar-refractivity contribution is 0.756. The van der Waals surface area contributed by atoms with E-state index in [0.29, 0.717) is 0 Å². The molecule has 1 N–H and O–H groups in total. The van der Waals surface area contributed by atoms with Gasteiger partial charge in [0.15, 0.2) is 0 Å². The highest BCUT2D eigenvalue weighted by Gasteiger charge is 1.93. The number of nitrogens with one attached hydrogen (secondary N) is 1. The summed E-state index contributed by atoms with van der Waals surface area (Å²) >= 11 is 0.0139. The van der Waals surface area contributed by atoms with E-state index in [-0.39, 0.29) is 11.8 Å². The first-order valence-corrected chi connectivity index (χ1v) is 2.22. The van der Waals surface area contributed by atoms with Crippen LogP contribution < -0.4 is 5.32 Å². The number of thioether (sulfide) groups is 1. The standard InChI is InChI=1S/C4H9NS/c1-3-6-4-2-5-1/h5H,1-4H2/i1D2,2D2,3D2,4D2. The van der Waals surface area contributed by atoms with Gasteiger partial charge in [-0.2, -0.15) is 11.8 Å². The third-order valence-electron chi connectivity index (χ3n) is 0.329. The molecule has 0 spiro atoms. The molecule has 0 amide bonds. The van der Waals surface area contributed by atoms with Crippen molar-refractivity contribution in [2.45, 2.75) is 0 Å². The van der Waals surface area contributed by atoms with Crippen LogP contribution >= 0.6 is 11.8 Å². The van der Waals surface area contributed by atoms with Gasteiger partial charge < -0.3 is 5.32 Å². The van der Waals surface area contributed by atoms with Gasteiger partial charge in [-0.05, 0) is 0 Å². The summed E-state index contributed by atoms with van der Waals surface area (Å²) in [5.41, 5.74) is -5.02. The predicted octanol–water partition coefficient (Wildman–Crippen LogP) is 0.323. The van der Waals surface area contributed by atoms with Crippen molar-refractivity contribution in [3.05, 3.63) is 0 Å². The highest BCUT2D eigenvalue weighted by Crippen LogP contribution is 1.99. The zero-order chi connectivity index (χ0) is 11.4. The van der Waals surface area contributed by atoms with Crippen LogP contribution in [0.2, 0.25) is 0 Å². The summed E-state index contributed by atoms with van der Waals surface area (Å²) in [6, 6.07) is 0. The Hall–Kier alpha value is 0.310. The molecular weight excluding hydrogens is 94.1 g/mol. The SMILES string of the molecule is [2H]C1([2H])NC([2H])([2H])C([2H])([2H])SC1([2H])[2H]. The predicted molar refractivity (Wildman–Crippen MR) is 30.2 cm³/mol. The molecule has 1 fully saturated rings. The van der Waals surface area contributed by atoms with Crippen LogP contribution in [0.4, 0.5) is 0 Å². The maximum Gasteiger partial charge on any atom is 0.0436 e. The fraction of sp³-hybridized carbons (Fsp3) is 1.00. The molecule has 1 aliphatic heterocycles. The largest absolute Gasteiger partial charge is 0.315 e. The Bertz CT molecular complexity index is 200. The summed E-state index contributed by atoms with van der Waals surface area (Å²) in [4.78, 5) is 0. The van der Waals surface area contributed by atoms with Gasteiger partial charge in [0.1, 0.15) is 0 Å². The van der Waals surface area contributed by atoms with Gasteiger partial charge in [0, 0.05) is 35.4 Å². The Balaban J connectivity index is 3.07. The van der Waals surface area contributed by atoms with Gasteiger partial charge in [-0.15, -0.1) is 0 Å². The average Bonchev–Trinajstić information content (AvgIpc) is 1.78. The molecule has 0 aromatic heterocycles. The minimum absolute atomic E-state index is 0.0139. The topological polar surface area (TPSA) is 12.0 Å². The molecule has 1 heterocycles. The summed E-state index contributed by atoms with van der Waals surface area (Å²) in [7, 11) is 0. The van der Waals surface area contributed by atoms with E-state index in [1.165, 1.54) is 0 Å². The lowest BCUT2D eigenvalue weighted by Crippen LogP contribution is -2.24. The zero-order valence-corrected chi connectivity index (χ0v) is 3.72. The van der Waals surface area contributed by atoms with E-state index in [1.807, 2.05) is 0 Å². The molecule has 0 radical (unpaired) electrons. The fourth-order valence-electron chi connectivity index (χ4n) is 0.159. The highest BCUT2D eigenvalue weighted by molar-refractivity contribution is 7.99. The molecule has 0 aliphatic carbocycles. The first kappa shape index (κ1) is 0.869. The van der Waals surface area contributed by atoms with Gasteiger partial charge in [-0.3, -0.25) is 0 Å². The average molecular weight is 111 g/mol. The van der Waals surface area contributed by atoms with Crippen LogP contribution in [0.5, 0.6) is 0 Å². The monoisotopic (exact) mass is 111 g/mol. The minimum atomic E-state index is -2.60. The molecule has 0 unspecified atom stereocenters. The first-order chi connectivity index (χ1) is 5.91. The van der Waals surface area contributed by atoms with Crippen molar-refractivity contribution in [2.75, 3.05) is 24.4 Å². The van der Waals surface area contributed by atoms with Gasteiger partial charge in [0.2, 0.25) is 0 Å². The first-order valence-electron chi connectivity index (χ1n) is 5.41. The van der Waals surface area contributed by atoms with Crippen LogP contribution in [0.3, 0.4) is 0 Å². The molecule has 1 nitrogen and oxygen atoms in total. The van der Waals surface area contributed by atoms with Crippen LogP contribution in [0, 0.1) is 0 Å². The zero-order valence-electron chi connectivity index (χ0n) is 10.9. The van der Waals surface area contributed by atoms with Crippen molar-refractivity contribution >= 4 is 11.8 Å². The molecule has 2 heteroatoms. The maximum atomic E-state index is 7.25. The second-order valence-corrected chi connectivity index (χ2v) is 1.29. The Kier molecular flexibility index (Phi) is 0.359. The summed E-state index contributed by atoms with van der Waals surface area (Å²) in [6.45, 7) is -5.21. The summed E-state index contributed by atoms with van der Waals surface area (Å²) in [5, 5.41) is 1.71. The molecule has 0 aromatic rings. The van der Waals surface area contributed by atoms with Gasteiger partial charge in [0.25, 0.3) is 0 Å². The van der Waals surface area contributed by atoms with E-state index in [9.17, 15) is 0 Å². The molecule has 1 aliphatic rings. The van der Waals surface area contributed by atoms with E-state index < -0.39 is 24.4 Å². The van der Waals surface area contributed by atoms with E-state index in [1.54, 1.807) is 5.32 Å². The van der Waals surface area contributed by atoms with Crippen molar-refractivity contribution in [1.82, 2.24) is 5.32 Å². The highest BCUT2D eigenvalue weighted by atomic mass is 32.2. The number of rotatable bonds is 0. The molecular formula is C4H9NS. The molecule has 1 saturated heterocycles. The van der Waals surface area contributed by atoms with E-state index >= 15 is 0 Å². The summed E-state index contributed by atoms with van der Waals surface area (Å²) < 4.78 is 57.8. The van der Waals surface area contributed by atoms with E-state index in [2.05, 4.69) is 0 Å². The smallest absolute Gasteiger partial charge is 0.0436 e. The van der Waals surface area contributed by atoms with Crippen molar-refractivity contribution in [1.29, 1.82) is 0 Å². The second-order valence-electron chi connectivity index (χ2n) is 0.681. The Morgan fingerprint density at radius 3 is 2.67 bits per heavy atom. The lowest BCUT2D eigenvalue weighted by Gasteiger charge is -2.08. The maximum absolute atomic E-state index is 7.25. The van der Waals surface area contributed by atoms with Crippen molar-refractivity contribution in [3.63, 3.8) is 0 Å². The van der Waals surface area contributed by atoms with E-state index in [4.69, 9.17) is 11.0 Å². The Labute approximate surface area is 53.7 Å². The number of hydrogen-bond acceptors (Lipinski definition) is 2. The van der Waals surface area contributed by atoms with Crippen LogP contribution in [-0.4, -0.2) is 24.4 Å². The van der Waals surface area contributed by atoms with Crippen molar-refractivity contribution < 1.29 is 11.0 Å². The van der Waals surface area contributed by atoms with Gasteiger partial charge in [-0.1, -0.05) is 0 Å². The van der Waals surface area contributed by atoms with Gasteiger partial charge in [-0.25, -0.2) is 0 Å². The normalized spacial score (nSPS) is 77.3. The second kappa shape index (κ2) is 2.48. The number of hydrogen-bond donors (Lipinski definition) is 1. The molecule has 1 rings (SSSR count). The van der Waals surface area contributed by atoms with Crippen LogP contribution in [0.25, 0.3) is 0 Å². The Morgan fingerprint density at radius 1 is 1.50 bits per heavy atom. The van der Waals surface area contributed by atoms with Crippen LogP contribution in [-0.2, 0) is 0 Å². The molecule has 0 aromatic carbocycles. The third kappa shape index (κ3) is 1.19. The van der Waals surface area contributed by atoms with Gasteiger partial charge >= 0.3 is 0 Å². The summed E-state index contributed by atoms with van der Waals surface area (Å²) in [5.74, 6) is 0. The van der Waals surface area contributed by atoms with Crippen LogP contribution in [0.15, 0.2) is 0 Å². The quantitative estimate of drug-likeness (QED) is 0.483. The summed E-state index contributed by atoms with van der Waals surface area (Å²) in [6.07, 6.45) is 0. The molecule has 0 atom stereocenters. The molecule has 0 saturated carbocycles. The fourth-order valence-corrected chi connectivity index (χ4v) is 0.414. The third-order valence-corrected chi connectivity index (χ3v) is 0.737. The lowest BCUT2D eigenvalue weighted by atomic mass is 10.6. The minimum Gasteiger partial charge on any atom is -0.315 e. The molecule has 36 valence electrons. The van der Waals surface area contributed by atoms with Gasteiger partial charge in [0.05, 0.1) is 0 Å². The van der Waals surface area contributed by atoms with E-state index in [0.717, 1.165) is 0 Å². The van der Waals surface area contributed by atoms with Crippen molar-refractivity contribution in [3.8, 4) is 0 Å².